The molecule has 0 spiro atoms. The maximum absolute atomic E-state index is 12.5. The van der Waals surface area contributed by atoms with E-state index in [9.17, 15) is 9.59 Å². The van der Waals surface area contributed by atoms with Crippen LogP contribution in [0.15, 0.2) is 36.4 Å². The molecule has 22 heavy (non-hydrogen) atoms. The van der Waals surface area contributed by atoms with Crippen LogP contribution < -0.4 is 5.48 Å². The van der Waals surface area contributed by atoms with Gasteiger partial charge in [-0.05, 0) is 18.6 Å². The lowest BCUT2D eigenvalue weighted by Crippen LogP contribution is -2.40. The van der Waals surface area contributed by atoms with Crippen LogP contribution in [0.4, 0.5) is 0 Å². The molecule has 6 heteroatoms. The number of nitrogens with zero attached hydrogens (tertiary/aromatic N) is 2. The van der Waals surface area contributed by atoms with Crippen molar-refractivity contribution in [1.82, 2.24) is 15.4 Å². The molecular formula is C16H19N3O3. The number of aromatic nitrogens is 1. The summed E-state index contributed by atoms with van der Waals surface area (Å²) >= 11 is 0. The van der Waals surface area contributed by atoms with Gasteiger partial charge >= 0.3 is 0 Å². The second kappa shape index (κ2) is 7.51. The summed E-state index contributed by atoms with van der Waals surface area (Å²) < 4.78 is 0. The minimum atomic E-state index is -0.620. The van der Waals surface area contributed by atoms with E-state index in [4.69, 9.17) is 5.21 Å². The number of hydrogen-bond donors (Lipinski definition) is 2. The van der Waals surface area contributed by atoms with Crippen LogP contribution in [-0.4, -0.2) is 40.0 Å². The minimum absolute atomic E-state index is 0.191. The van der Waals surface area contributed by atoms with E-state index in [1.165, 1.54) is 4.90 Å². The summed E-state index contributed by atoms with van der Waals surface area (Å²) in [6, 6.07) is 11.0. The molecule has 116 valence electrons. The lowest BCUT2D eigenvalue weighted by Gasteiger charge is -2.21. The van der Waals surface area contributed by atoms with Crippen LogP contribution in [-0.2, 0) is 4.79 Å². The second-order valence-corrected chi connectivity index (χ2v) is 5.00. The van der Waals surface area contributed by atoms with Gasteiger partial charge in [0.25, 0.3) is 11.8 Å². The minimum Gasteiger partial charge on any atom is -0.328 e. The summed E-state index contributed by atoms with van der Waals surface area (Å²) in [6.07, 6.45) is 1.67. The molecule has 2 aromatic rings. The zero-order valence-electron chi connectivity index (χ0n) is 12.5. The number of fused-ring (bicyclic) bond motifs is 1. The third kappa shape index (κ3) is 3.79. The molecule has 2 rings (SSSR count). The lowest BCUT2D eigenvalue weighted by molar-refractivity contribution is -0.129. The maximum Gasteiger partial charge on any atom is 0.272 e. The molecule has 2 N–H and O–H groups in total. The van der Waals surface area contributed by atoms with Gasteiger partial charge in [0, 0.05) is 11.9 Å². The number of unbranched alkanes of at least 4 members (excludes halogenated alkanes) is 1. The highest BCUT2D eigenvalue weighted by Gasteiger charge is 2.19. The summed E-state index contributed by atoms with van der Waals surface area (Å²) in [4.78, 5) is 29.7. The number of para-hydroxylation sites is 1. The van der Waals surface area contributed by atoms with Crippen LogP contribution in [0, 0.1) is 0 Å². The average Bonchev–Trinajstić information content (AvgIpc) is 2.57. The van der Waals surface area contributed by atoms with Gasteiger partial charge in [-0.3, -0.25) is 14.8 Å². The van der Waals surface area contributed by atoms with Gasteiger partial charge in [0.2, 0.25) is 0 Å². The van der Waals surface area contributed by atoms with Gasteiger partial charge in [-0.2, -0.15) is 0 Å². The molecule has 1 aromatic heterocycles. The number of carbonyl (C=O) groups excluding carboxylic acids is 2. The number of hydroxylamine groups is 1. The second-order valence-electron chi connectivity index (χ2n) is 5.00. The Balaban J connectivity index is 2.24. The molecule has 0 saturated heterocycles. The predicted octanol–water partition coefficient (Wildman–Crippen LogP) is 1.98. The fourth-order valence-electron chi connectivity index (χ4n) is 2.16. The van der Waals surface area contributed by atoms with Gasteiger partial charge in [-0.15, -0.1) is 0 Å². The van der Waals surface area contributed by atoms with E-state index < -0.39 is 5.91 Å². The molecule has 0 aliphatic rings. The van der Waals surface area contributed by atoms with Crippen molar-refractivity contribution in [3.63, 3.8) is 0 Å². The van der Waals surface area contributed by atoms with Crippen LogP contribution in [0.1, 0.15) is 30.3 Å². The molecule has 0 aliphatic carbocycles. The molecule has 6 nitrogen and oxygen atoms in total. The van der Waals surface area contributed by atoms with Crippen molar-refractivity contribution in [2.24, 2.45) is 0 Å². The van der Waals surface area contributed by atoms with Crippen molar-refractivity contribution in [2.75, 3.05) is 13.1 Å². The quantitative estimate of drug-likeness (QED) is 0.631. The van der Waals surface area contributed by atoms with Crippen LogP contribution in [0.25, 0.3) is 10.9 Å². The first-order chi connectivity index (χ1) is 10.7. The van der Waals surface area contributed by atoms with Gasteiger partial charge < -0.3 is 4.90 Å². The number of carbonyl (C=O) groups is 2. The van der Waals surface area contributed by atoms with Gasteiger partial charge in [0.05, 0.1) is 5.52 Å². The largest absolute Gasteiger partial charge is 0.328 e. The van der Waals surface area contributed by atoms with Crippen molar-refractivity contribution in [3.05, 3.63) is 42.1 Å². The fraction of sp³-hybridized carbons (Fsp3) is 0.312. The molecule has 0 atom stereocenters. The van der Waals surface area contributed by atoms with E-state index >= 15 is 0 Å². The monoisotopic (exact) mass is 301 g/mol. The Morgan fingerprint density at radius 2 is 2.00 bits per heavy atom. The Bertz CT molecular complexity index is 672. The van der Waals surface area contributed by atoms with Crippen molar-refractivity contribution in [2.45, 2.75) is 19.8 Å². The highest BCUT2D eigenvalue weighted by Crippen LogP contribution is 2.13. The zero-order chi connectivity index (χ0) is 15.9. The number of hydrogen-bond acceptors (Lipinski definition) is 4. The third-order valence-corrected chi connectivity index (χ3v) is 3.35. The molecule has 0 aliphatic heterocycles. The molecule has 2 amide bonds. The zero-order valence-corrected chi connectivity index (χ0v) is 12.5. The maximum atomic E-state index is 12.5. The van der Waals surface area contributed by atoms with Gasteiger partial charge in [0.15, 0.2) is 0 Å². The van der Waals surface area contributed by atoms with E-state index in [1.807, 2.05) is 37.3 Å². The number of amides is 2. The first-order valence-corrected chi connectivity index (χ1v) is 7.23. The first-order valence-electron chi connectivity index (χ1n) is 7.23. The van der Waals surface area contributed by atoms with Crippen LogP contribution in [0.2, 0.25) is 0 Å². The summed E-state index contributed by atoms with van der Waals surface area (Å²) in [7, 11) is 0. The van der Waals surface area contributed by atoms with Crippen LogP contribution in [0.3, 0.4) is 0 Å². The smallest absolute Gasteiger partial charge is 0.272 e. The topological polar surface area (TPSA) is 82.5 Å². The Hall–Kier alpha value is -2.47. The molecule has 0 unspecified atom stereocenters. The Morgan fingerprint density at radius 1 is 1.23 bits per heavy atom. The van der Waals surface area contributed by atoms with Crippen molar-refractivity contribution in [3.8, 4) is 0 Å². The van der Waals surface area contributed by atoms with E-state index in [1.54, 1.807) is 11.5 Å². The van der Waals surface area contributed by atoms with Gasteiger partial charge in [-0.1, -0.05) is 37.6 Å². The summed E-state index contributed by atoms with van der Waals surface area (Å²) in [5, 5.41) is 9.60. The number of nitrogens with one attached hydrogen (secondary N) is 1. The highest BCUT2D eigenvalue weighted by atomic mass is 16.5. The van der Waals surface area contributed by atoms with Gasteiger partial charge in [-0.25, -0.2) is 10.5 Å². The molecule has 0 saturated carbocycles. The molecule has 0 radical (unpaired) electrons. The van der Waals surface area contributed by atoms with Crippen LogP contribution >= 0.6 is 0 Å². The molecule has 0 fully saturated rings. The highest BCUT2D eigenvalue weighted by molar-refractivity contribution is 5.96. The predicted molar refractivity (Wildman–Crippen MR) is 82.5 cm³/mol. The third-order valence-electron chi connectivity index (χ3n) is 3.35. The molecule has 1 aromatic carbocycles. The molecular weight excluding hydrogens is 282 g/mol. The normalized spacial score (nSPS) is 10.5. The molecule has 1 heterocycles. The van der Waals surface area contributed by atoms with Crippen molar-refractivity contribution in [1.29, 1.82) is 0 Å². The van der Waals surface area contributed by atoms with E-state index in [0.717, 1.165) is 23.7 Å². The summed E-state index contributed by atoms with van der Waals surface area (Å²) in [5.41, 5.74) is 2.58. The number of rotatable bonds is 6. The van der Waals surface area contributed by atoms with E-state index in [-0.39, 0.29) is 12.5 Å². The van der Waals surface area contributed by atoms with E-state index in [2.05, 4.69) is 4.98 Å². The number of pyridine rings is 1. The van der Waals surface area contributed by atoms with Gasteiger partial charge in [0.1, 0.15) is 12.2 Å². The summed E-state index contributed by atoms with van der Waals surface area (Å²) in [5.74, 6) is -0.937. The fourth-order valence-corrected chi connectivity index (χ4v) is 2.16. The number of benzene rings is 1. The van der Waals surface area contributed by atoms with Crippen LogP contribution in [0.5, 0.6) is 0 Å². The van der Waals surface area contributed by atoms with E-state index in [0.29, 0.717) is 12.2 Å². The standard InChI is InChI=1S/C16H19N3O3/c1-2-3-10-19(11-15(20)18-22)16(21)14-9-8-12-6-4-5-7-13(12)17-14/h4-9,22H,2-3,10-11H2,1H3,(H,18,20). The summed E-state index contributed by atoms with van der Waals surface area (Å²) in [6.45, 7) is 2.25. The first kappa shape index (κ1) is 15.9. The van der Waals surface area contributed by atoms with Crippen molar-refractivity contribution < 1.29 is 14.8 Å². The Labute approximate surface area is 128 Å². The average molecular weight is 301 g/mol. The Morgan fingerprint density at radius 3 is 2.73 bits per heavy atom. The molecule has 0 bridgehead atoms. The Kier molecular flexibility index (Phi) is 5.43. The lowest BCUT2D eigenvalue weighted by atomic mass is 10.2. The van der Waals surface area contributed by atoms with Crippen molar-refractivity contribution >= 4 is 22.7 Å². The SMILES string of the molecule is CCCCN(CC(=O)NO)C(=O)c1ccc2ccccc2n1.